The number of aliphatic carboxylic acids is 1. The van der Waals surface area contributed by atoms with Crippen molar-refractivity contribution in [2.45, 2.75) is 64.3 Å². The molecule has 3 aromatic rings. The van der Waals surface area contributed by atoms with Crippen LogP contribution in [0.25, 0.3) is 22.4 Å². The van der Waals surface area contributed by atoms with Crippen LogP contribution in [0.5, 0.6) is 0 Å². The Hall–Kier alpha value is -3.08. The van der Waals surface area contributed by atoms with E-state index in [4.69, 9.17) is 9.40 Å². The van der Waals surface area contributed by atoms with Crippen molar-refractivity contribution in [2.24, 2.45) is 11.8 Å². The van der Waals surface area contributed by atoms with Gasteiger partial charge >= 0.3 is 5.97 Å². The van der Waals surface area contributed by atoms with Crippen LogP contribution in [0.4, 0.5) is 0 Å². The number of hydrogen-bond donors (Lipinski definition) is 2. The highest BCUT2D eigenvalue weighted by Crippen LogP contribution is 2.44. The fraction of sp³-hybridized carbons (Fsp3) is 0.483. The van der Waals surface area contributed by atoms with Gasteiger partial charge in [0.1, 0.15) is 5.76 Å². The third-order valence-electron chi connectivity index (χ3n) is 8.08. The first-order valence-corrected chi connectivity index (χ1v) is 14.6. The highest BCUT2D eigenvalue weighted by atomic mass is 32.2. The zero-order valence-corrected chi connectivity index (χ0v) is 23.1. The van der Waals surface area contributed by atoms with Gasteiger partial charge in [-0.05, 0) is 68.9 Å². The fourth-order valence-electron chi connectivity index (χ4n) is 5.82. The predicted molar refractivity (Wildman–Crippen MR) is 147 cm³/mol. The number of carbonyl (C=O) groups excluding carboxylic acids is 1. The van der Waals surface area contributed by atoms with Crippen LogP contribution in [0.15, 0.2) is 34.7 Å². The molecule has 2 aliphatic rings. The molecule has 5 rings (SSSR count). The van der Waals surface area contributed by atoms with Crippen LogP contribution in [0.2, 0.25) is 0 Å². The SMILES string of the molecule is CNC(=O)c1c(-c2ccc(C)cc2)oc2nc(CN(CCCC3CCCC3C(=O)O)S(=O)[O-])c(C3CC3)cc12. The van der Waals surface area contributed by atoms with Gasteiger partial charge in [-0.2, -0.15) is 0 Å². The van der Waals surface area contributed by atoms with E-state index in [0.717, 1.165) is 42.4 Å². The maximum absolute atomic E-state index is 13.0. The summed E-state index contributed by atoms with van der Waals surface area (Å²) in [4.78, 5) is 29.3. The molecule has 0 radical (unpaired) electrons. The van der Waals surface area contributed by atoms with Crippen LogP contribution < -0.4 is 5.32 Å². The zero-order valence-electron chi connectivity index (χ0n) is 22.3. The van der Waals surface area contributed by atoms with E-state index in [9.17, 15) is 23.5 Å². The first-order chi connectivity index (χ1) is 18.8. The van der Waals surface area contributed by atoms with Gasteiger partial charge in [-0.15, -0.1) is 0 Å². The number of rotatable bonds is 11. The minimum absolute atomic E-state index is 0.0902. The number of furan rings is 1. The first-order valence-electron chi connectivity index (χ1n) is 13.6. The lowest BCUT2D eigenvalue weighted by atomic mass is 9.92. The van der Waals surface area contributed by atoms with Crippen molar-refractivity contribution < 1.29 is 27.9 Å². The Morgan fingerprint density at radius 3 is 2.59 bits per heavy atom. The van der Waals surface area contributed by atoms with E-state index in [1.807, 2.05) is 37.3 Å². The highest BCUT2D eigenvalue weighted by molar-refractivity contribution is 7.76. The number of nitrogens with zero attached hydrogens (tertiary/aromatic N) is 2. The van der Waals surface area contributed by atoms with Crippen LogP contribution in [-0.2, 0) is 22.6 Å². The number of aryl methyl sites for hydroxylation is 1. The summed E-state index contributed by atoms with van der Waals surface area (Å²) in [7, 11) is 1.58. The van der Waals surface area contributed by atoms with Crippen molar-refractivity contribution in [3.63, 3.8) is 0 Å². The van der Waals surface area contributed by atoms with E-state index in [1.54, 1.807) is 7.05 Å². The molecule has 2 N–H and O–H groups in total. The Morgan fingerprint density at radius 2 is 1.95 bits per heavy atom. The summed E-state index contributed by atoms with van der Waals surface area (Å²) in [6.07, 6.45) is 5.70. The first kappa shape index (κ1) is 27.5. The molecule has 0 aliphatic heterocycles. The number of pyridine rings is 1. The minimum atomic E-state index is -2.47. The average Bonchev–Trinajstić information content (AvgIpc) is 3.53. The zero-order chi connectivity index (χ0) is 27.7. The van der Waals surface area contributed by atoms with E-state index in [-0.39, 0.29) is 30.2 Å². The number of nitrogens with one attached hydrogen (secondary N) is 1. The molecule has 0 spiro atoms. The Bertz CT molecular complexity index is 1400. The molecule has 0 saturated heterocycles. The monoisotopic (exact) mass is 552 g/mol. The maximum Gasteiger partial charge on any atom is 0.306 e. The fourth-order valence-corrected chi connectivity index (χ4v) is 6.32. The van der Waals surface area contributed by atoms with Crippen LogP contribution in [0.1, 0.15) is 78.0 Å². The van der Waals surface area contributed by atoms with Crippen molar-refractivity contribution in [1.82, 2.24) is 14.6 Å². The Balaban J connectivity index is 1.44. The van der Waals surface area contributed by atoms with Crippen molar-refractivity contribution in [1.29, 1.82) is 0 Å². The van der Waals surface area contributed by atoms with Crippen LogP contribution in [0.3, 0.4) is 0 Å². The molecular weight excluding hydrogens is 518 g/mol. The van der Waals surface area contributed by atoms with Gasteiger partial charge in [0.25, 0.3) is 5.91 Å². The largest absolute Gasteiger partial charge is 0.760 e. The Kier molecular flexibility index (Phi) is 8.16. The van der Waals surface area contributed by atoms with E-state index < -0.39 is 17.2 Å². The quantitative estimate of drug-likeness (QED) is 0.322. The molecule has 0 bridgehead atoms. The van der Waals surface area contributed by atoms with Gasteiger partial charge in [0.2, 0.25) is 5.71 Å². The second kappa shape index (κ2) is 11.6. The van der Waals surface area contributed by atoms with Crippen molar-refractivity contribution in [3.8, 4) is 11.3 Å². The molecule has 208 valence electrons. The van der Waals surface area contributed by atoms with Crippen LogP contribution in [-0.4, -0.2) is 48.6 Å². The van der Waals surface area contributed by atoms with Crippen molar-refractivity contribution in [2.75, 3.05) is 13.6 Å². The topological polar surface area (TPSA) is 136 Å². The molecule has 2 aromatic heterocycles. The summed E-state index contributed by atoms with van der Waals surface area (Å²) in [6.45, 7) is 2.38. The second-order valence-corrected chi connectivity index (χ2v) is 11.7. The van der Waals surface area contributed by atoms with Crippen molar-refractivity contribution in [3.05, 3.63) is 52.7 Å². The highest BCUT2D eigenvalue weighted by Gasteiger charge is 2.33. The van der Waals surface area contributed by atoms with Gasteiger partial charge in [0, 0.05) is 30.4 Å². The summed E-state index contributed by atoms with van der Waals surface area (Å²) in [6, 6.07) is 9.67. The van der Waals surface area contributed by atoms with E-state index >= 15 is 0 Å². The lowest BCUT2D eigenvalue weighted by Gasteiger charge is -2.25. The molecule has 1 amide bonds. The summed E-state index contributed by atoms with van der Waals surface area (Å²) in [5.41, 5.74) is 4.15. The average molecular weight is 553 g/mol. The standard InChI is InChI=1S/C29H35N3O6S/c1-17-8-10-20(11-9-17)26-25(27(33)30-2)23-15-22(19-12-13-19)24(31-28(23)38-26)16-32(39(36)37)14-4-6-18-5-3-7-21(18)29(34)35/h8-11,15,18-19,21H,3-7,12-14,16H2,1-2H3,(H,30,33)(H,34,35)(H,36,37)/p-1. The van der Waals surface area contributed by atoms with Crippen LogP contribution in [0, 0.1) is 18.8 Å². The maximum atomic E-state index is 13.0. The summed E-state index contributed by atoms with van der Waals surface area (Å²) < 4.78 is 31.9. The Morgan fingerprint density at radius 1 is 1.21 bits per heavy atom. The normalized spacial score (nSPS) is 20.0. The number of carboxylic acid groups (broad SMARTS) is 1. The van der Waals surface area contributed by atoms with E-state index in [0.29, 0.717) is 53.9 Å². The van der Waals surface area contributed by atoms with E-state index in [1.165, 1.54) is 4.31 Å². The molecule has 2 heterocycles. The van der Waals surface area contributed by atoms with Gasteiger partial charge in [-0.3, -0.25) is 13.8 Å². The molecular formula is C29H34N3O6S-. The third-order valence-corrected chi connectivity index (χ3v) is 8.81. The van der Waals surface area contributed by atoms with Gasteiger partial charge in [0.05, 0.1) is 29.1 Å². The molecule has 2 saturated carbocycles. The lowest BCUT2D eigenvalue weighted by molar-refractivity contribution is -0.143. The second-order valence-electron chi connectivity index (χ2n) is 10.8. The molecule has 2 fully saturated rings. The predicted octanol–water partition coefficient (Wildman–Crippen LogP) is 4.92. The number of carbonyl (C=O) groups is 2. The van der Waals surface area contributed by atoms with E-state index in [2.05, 4.69) is 5.32 Å². The molecule has 1 aromatic carbocycles. The Labute approximate surface area is 230 Å². The lowest BCUT2D eigenvalue weighted by Crippen LogP contribution is -2.28. The number of amides is 1. The number of aromatic nitrogens is 1. The molecule has 2 aliphatic carbocycles. The summed E-state index contributed by atoms with van der Waals surface area (Å²) >= 11 is -2.47. The molecule has 10 heteroatoms. The molecule has 3 unspecified atom stereocenters. The summed E-state index contributed by atoms with van der Waals surface area (Å²) in [5.74, 6) is -0.568. The number of carboxylic acids is 1. The van der Waals surface area contributed by atoms with Gasteiger partial charge in [-0.1, -0.05) is 36.2 Å². The van der Waals surface area contributed by atoms with Gasteiger partial charge in [0.15, 0.2) is 0 Å². The van der Waals surface area contributed by atoms with Crippen LogP contribution >= 0.6 is 0 Å². The number of hydrogen-bond acceptors (Lipinski definition) is 6. The molecule has 9 nitrogen and oxygen atoms in total. The van der Waals surface area contributed by atoms with Crippen molar-refractivity contribution >= 4 is 34.2 Å². The number of fused-ring (bicyclic) bond motifs is 1. The summed E-state index contributed by atoms with van der Waals surface area (Å²) in [5, 5.41) is 12.8. The minimum Gasteiger partial charge on any atom is -0.760 e. The van der Waals surface area contributed by atoms with Gasteiger partial charge < -0.3 is 19.4 Å². The smallest absolute Gasteiger partial charge is 0.306 e. The third kappa shape index (κ3) is 5.92. The number of benzene rings is 1. The van der Waals surface area contributed by atoms with Gasteiger partial charge in [-0.25, -0.2) is 9.29 Å². The molecule has 39 heavy (non-hydrogen) atoms. The molecule has 3 atom stereocenters.